The van der Waals surface area contributed by atoms with E-state index in [1.165, 1.54) is 0 Å². The Balaban J connectivity index is 0.00000240. The van der Waals surface area contributed by atoms with E-state index in [9.17, 15) is 0 Å². The first-order valence-corrected chi connectivity index (χ1v) is 9.67. The third-order valence-electron chi connectivity index (χ3n) is 5.34. The second-order valence-corrected chi connectivity index (χ2v) is 6.92. The van der Waals surface area contributed by atoms with Gasteiger partial charge >= 0.3 is 0 Å². The molecule has 0 spiro atoms. The van der Waals surface area contributed by atoms with E-state index in [1.807, 2.05) is 28.9 Å². The van der Waals surface area contributed by atoms with Gasteiger partial charge in [-0.1, -0.05) is 19.1 Å². The van der Waals surface area contributed by atoms with Crippen molar-refractivity contribution in [3.63, 3.8) is 0 Å². The third kappa shape index (κ3) is 4.77. The van der Waals surface area contributed by atoms with Crippen LogP contribution in [0.1, 0.15) is 30.1 Å². The highest BCUT2D eigenvalue weighted by Crippen LogP contribution is 2.29. The number of hydrogen-bond donors (Lipinski definition) is 0. The van der Waals surface area contributed by atoms with Crippen LogP contribution in [-0.4, -0.2) is 69.8 Å². The average molecular weight is 419 g/mol. The van der Waals surface area contributed by atoms with Crippen molar-refractivity contribution in [2.75, 3.05) is 39.8 Å². The fourth-order valence-corrected chi connectivity index (χ4v) is 3.72. The van der Waals surface area contributed by atoms with E-state index in [-0.39, 0.29) is 18.4 Å². The first kappa shape index (κ1) is 21.3. The zero-order valence-corrected chi connectivity index (χ0v) is 17.6. The van der Waals surface area contributed by atoms with Crippen molar-refractivity contribution >= 4 is 12.4 Å². The normalized spacial score (nSPS) is 16.3. The number of nitrogens with zero attached hydrogens (tertiary/aromatic N) is 6. The van der Waals surface area contributed by atoms with Gasteiger partial charge in [0.25, 0.3) is 0 Å². The van der Waals surface area contributed by atoms with Crippen LogP contribution in [0, 0.1) is 0 Å². The fraction of sp³-hybridized carbons (Fsp3) is 0.450. The Labute approximate surface area is 176 Å². The number of benzene rings is 1. The third-order valence-corrected chi connectivity index (χ3v) is 5.34. The molecule has 0 aliphatic carbocycles. The summed E-state index contributed by atoms with van der Waals surface area (Å²) in [4.78, 5) is 4.92. The first-order valence-electron chi connectivity index (χ1n) is 9.67. The van der Waals surface area contributed by atoms with Gasteiger partial charge in [-0.3, -0.25) is 4.90 Å². The van der Waals surface area contributed by atoms with E-state index in [0.29, 0.717) is 6.54 Å². The number of ether oxygens (including phenoxy) is 1. The molecular formula is C20H27ClN6O2. The number of aromatic nitrogens is 4. The minimum Gasteiger partial charge on any atom is -0.497 e. The Kier molecular flexibility index (Phi) is 7.24. The van der Waals surface area contributed by atoms with Crippen LogP contribution in [0.15, 0.2) is 47.1 Å². The molecule has 1 aliphatic rings. The van der Waals surface area contributed by atoms with E-state index in [2.05, 4.69) is 44.4 Å². The number of hydrogen-bond acceptors (Lipinski definition) is 7. The summed E-state index contributed by atoms with van der Waals surface area (Å²) in [5.74, 6) is 2.50. The maximum absolute atomic E-state index is 5.50. The predicted octanol–water partition coefficient (Wildman–Crippen LogP) is 2.47. The second kappa shape index (κ2) is 9.87. The molecule has 1 aromatic carbocycles. The molecule has 1 atom stereocenters. The molecule has 3 aromatic rings. The van der Waals surface area contributed by atoms with Crippen LogP contribution in [0.4, 0.5) is 0 Å². The number of furan rings is 1. The summed E-state index contributed by atoms with van der Waals surface area (Å²) in [6, 6.07) is 12.0. The molecule has 1 aliphatic heterocycles. The zero-order chi connectivity index (χ0) is 19.3. The van der Waals surface area contributed by atoms with Crippen molar-refractivity contribution in [1.82, 2.24) is 30.0 Å². The Bertz CT molecular complexity index is 859. The van der Waals surface area contributed by atoms with Crippen molar-refractivity contribution in [3.8, 4) is 5.75 Å². The molecule has 0 bridgehead atoms. The standard InChI is InChI=1S/C20H26N6O2.ClH/c1-3-24-10-12-25(13-11-24)19(16-6-8-17(27-2)9-7-16)20-21-22-23-26(20)15-18-5-4-14-28-18;/h4-9,14,19H,3,10-13,15H2,1-2H3;1H. The van der Waals surface area contributed by atoms with Gasteiger partial charge in [-0.15, -0.1) is 17.5 Å². The minimum atomic E-state index is -0.0186. The van der Waals surface area contributed by atoms with Gasteiger partial charge in [0, 0.05) is 26.2 Å². The maximum Gasteiger partial charge on any atom is 0.173 e. The highest BCUT2D eigenvalue weighted by atomic mass is 35.5. The van der Waals surface area contributed by atoms with Crippen molar-refractivity contribution in [2.24, 2.45) is 0 Å². The smallest absolute Gasteiger partial charge is 0.173 e. The quantitative estimate of drug-likeness (QED) is 0.583. The first-order chi connectivity index (χ1) is 13.8. The lowest BCUT2D eigenvalue weighted by Crippen LogP contribution is -2.48. The average Bonchev–Trinajstić information content (AvgIpc) is 3.42. The van der Waals surface area contributed by atoms with E-state index < -0.39 is 0 Å². The molecule has 0 radical (unpaired) electrons. The van der Waals surface area contributed by atoms with Crippen molar-refractivity contribution in [3.05, 3.63) is 59.8 Å². The summed E-state index contributed by atoms with van der Waals surface area (Å²) in [5, 5.41) is 12.6. The number of rotatable bonds is 7. The molecule has 0 N–H and O–H groups in total. The molecule has 0 amide bonds. The van der Waals surface area contributed by atoms with Gasteiger partial charge in [0.05, 0.1) is 19.4 Å². The Morgan fingerprint density at radius 2 is 1.86 bits per heavy atom. The molecule has 2 aromatic heterocycles. The molecule has 1 fully saturated rings. The van der Waals surface area contributed by atoms with Gasteiger partial charge < -0.3 is 14.1 Å². The number of halogens is 1. The maximum atomic E-state index is 5.50. The van der Waals surface area contributed by atoms with E-state index in [1.54, 1.807) is 13.4 Å². The summed E-state index contributed by atoms with van der Waals surface area (Å²) in [7, 11) is 1.68. The summed E-state index contributed by atoms with van der Waals surface area (Å²) in [6.45, 7) is 7.83. The molecule has 29 heavy (non-hydrogen) atoms. The van der Waals surface area contributed by atoms with Gasteiger partial charge in [-0.05, 0) is 46.8 Å². The van der Waals surface area contributed by atoms with E-state index in [0.717, 1.165) is 55.6 Å². The second-order valence-electron chi connectivity index (χ2n) is 6.92. The van der Waals surface area contributed by atoms with Crippen molar-refractivity contribution < 1.29 is 9.15 Å². The summed E-state index contributed by atoms with van der Waals surface area (Å²) >= 11 is 0. The van der Waals surface area contributed by atoms with Crippen LogP contribution in [0.5, 0.6) is 5.75 Å². The zero-order valence-electron chi connectivity index (χ0n) is 16.8. The molecular weight excluding hydrogens is 392 g/mol. The van der Waals surface area contributed by atoms with Gasteiger partial charge in [-0.2, -0.15) is 0 Å². The molecule has 0 saturated carbocycles. The number of tetrazole rings is 1. The Morgan fingerprint density at radius 1 is 1.10 bits per heavy atom. The van der Waals surface area contributed by atoms with E-state index >= 15 is 0 Å². The minimum absolute atomic E-state index is 0. The lowest BCUT2D eigenvalue weighted by atomic mass is 10.0. The van der Waals surface area contributed by atoms with Crippen molar-refractivity contribution in [1.29, 1.82) is 0 Å². The SMILES string of the molecule is CCN1CCN(C(c2ccc(OC)cc2)c2nnnn2Cc2ccco2)CC1.Cl. The molecule has 156 valence electrons. The van der Waals surface area contributed by atoms with Gasteiger partial charge in [0.15, 0.2) is 5.82 Å². The molecule has 4 rings (SSSR count). The van der Waals surface area contributed by atoms with Crippen LogP contribution in [0.2, 0.25) is 0 Å². The summed E-state index contributed by atoms with van der Waals surface area (Å²) in [6.07, 6.45) is 1.67. The van der Waals surface area contributed by atoms with Crippen LogP contribution < -0.4 is 4.74 Å². The highest BCUT2D eigenvalue weighted by Gasteiger charge is 2.30. The topological polar surface area (TPSA) is 72.5 Å². The summed E-state index contributed by atoms with van der Waals surface area (Å²) < 4.78 is 12.7. The Hall–Kier alpha value is -2.42. The predicted molar refractivity (Wildman–Crippen MR) is 111 cm³/mol. The van der Waals surface area contributed by atoms with Gasteiger partial charge in [0.2, 0.25) is 0 Å². The fourth-order valence-electron chi connectivity index (χ4n) is 3.72. The largest absolute Gasteiger partial charge is 0.497 e. The van der Waals surface area contributed by atoms with E-state index in [4.69, 9.17) is 9.15 Å². The summed E-state index contributed by atoms with van der Waals surface area (Å²) in [5.41, 5.74) is 1.15. The van der Waals surface area contributed by atoms with Crippen LogP contribution in [-0.2, 0) is 6.54 Å². The number of piperazine rings is 1. The van der Waals surface area contributed by atoms with Crippen LogP contribution in [0.3, 0.4) is 0 Å². The van der Waals surface area contributed by atoms with Gasteiger partial charge in [0.1, 0.15) is 18.1 Å². The highest BCUT2D eigenvalue weighted by molar-refractivity contribution is 5.85. The van der Waals surface area contributed by atoms with Crippen LogP contribution >= 0.6 is 12.4 Å². The monoisotopic (exact) mass is 418 g/mol. The van der Waals surface area contributed by atoms with Crippen molar-refractivity contribution in [2.45, 2.75) is 19.5 Å². The Morgan fingerprint density at radius 3 is 2.48 bits per heavy atom. The molecule has 8 nitrogen and oxygen atoms in total. The molecule has 1 saturated heterocycles. The van der Waals surface area contributed by atoms with Gasteiger partial charge in [-0.25, -0.2) is 4.68 Å². The lowest BCUT2D eigenvalue weighted by Gasteiger charge is -2.38. The van der Waals surface area contributed by atoms with Crippen LogP contribution in [0.25, 0.3) is 0 Å². The lowest BCUT2D eigenvalue weighted by molar-refractivity contribution is 0.108. The molecule has 3 heterocycles. The number of methoxy groups -OCH3 is 1. The number of likely N-dealkylation sites (N-methyl/N-ethyl adjacent to an activating group) is 1. The molecule has 1 unspecified atom stereocenters. The molecule has 9 heteroatoms.